The van der Waals surface area contributed by atoms with Crippen LogP contribution in [0, 0.1) is 11.8 Å². The number of piperidine rings is 1. The summed E-state index contributed by atoms with van der Waals surface area (Å²) in [6.45, 7) is 1.82. The molecule has 0 aromatic heterocycles. The SMILES string of the molecule is O=C(O)C(C1CC1)N1CCCC(CO)C1. The van der Waals surface area contributed by atoms with Crippen LogP contribution in [0.25, 0.3) is 0 Å². The second kappa shape index (κ2) is 4.49. The van der Waals surface area contributed by atoms with Crippen molar-refractivity contribution in [2.24, 2.45) is 11.8 Å². The Hall–Kier alpha value is -0.610. The number of hydrogen-bond acceptors (Lipinski definition) is 3. The molecule has 4 nitrogen and oxygen atoms in total. The van der Waals surface area contributed by atoms with Crippen molar-refractivity contribution < 1.29 is 15.0 Å². The number of carbonyl (C=O) groups is 1. The van der Waals surface area contributed by atoms with E-state index >= 15 is 0 Å². The van der Waals surface area contributed by atoms with Gasteiger partial charge in [0.2, 0.25) is 0 Å². The molecule has 15 heavy (non-hydrogen) atoms. The summed E-state index contributed by atoms with van der Waals surface area (Å²) < 4.78 is 0. The monoisotopic (exact) mass is 213 g/mol. The fourth-order valence-corrected chi connectivity index (χ4v) is 2.57. The quantitative estimate of drug-likeness (QED) is 0.716. The van der Waals surface area contributed by atoms with Crippen molar-refractivity contribution in [2.45, 2.75) is 31.7 Å². The lowest BCUT2D eigenvalue weighted by Crippen LogP contribution is -2.48. The Morgan fingerprint density at radius 1 is 1.40 bits per heavy atom. The lowest BCUT2D eigenvalue weighted by atomic mass is 9.96. The highest BCUT2D eigenvalue weighted by Gasteiger charge is 2.41. The van der Waals surface area contributed by atoms with Crippen LogP contribution >= 0.6 is 0 Å². The van der Waals surface area contributed by atoms with Gasteiger partial charge in [0.05, 0.1) is 0 Å². The normalized spacial score (nSPS) is 30.1. The number of nitrogens with zero attached hydrogens (tertiary/aromatic N) is 1. The average Bonchev–Trinajstić information content (AvgIpc) is 3.02. The zero-order chi connectivity index (χ0) is 10.8. The number of likely N-dealkylation sites (tertiary alicyclic amines) is 1. The zero-order valence-corrected chi connectivity index (χ0v) is 8.93. The summed E-state index contributed by atoms with van der Waals surface area (Å²) in [6.07, 6.45) is 4.15. The maximum Gasteiger partial charge on any atom is 0.321 e. The Kier molecular flexibility index (Phi) is 3.26. The summed E-state index contributed by atoms with van der Waals surface area (Å²) in [4.78, 5) is 13.2. The molecule has 86 valence electrons. The first kappa shape index (κ1) is 10.9. The topological polar surface area (TPSA) is 60.8 Å². The van der Waals surface area contributed by atoms with Crippen LogP contribution in [0.4, 0.5) is 0 Å². The van der Waals surface area contributed by atoms with Crippen LogP contribution in [0.15, 0.2) is 0 Å². The Bertz CT molecular complexity index is 240. The molecule has 0 amide bonds. The van der Waals surface area contributed by atoms with E-state index in [0.29, 0.717) is 5.92 Å². The standard InChI is InChI=1S/C11H19NO3/c13-7-8-2-1-5-12(6-8)10(11(14)15)9-3-4-9/h8-10,13H,1-7H2,(H,14,15). The van der Waals surface area contributed by atoms with E-state index in [1.54, 1.807) is 0 Å². The first-order chi connectivity index (χ1) is 7.22. The second-order valence-electron chi connectivity index (χ2n) is 4.81. The third-order valence-electron chi connectivity index (χ3n) is 3.52. The van der Waals surface area contributed by atoms with Crippen LogP contribution in [-0.4, -0.2) is 46.8 Å². The lowest BCUT2D eigenvalue weighted by molar-refractivity contribution is -0.145. The van der Waals surface area contributed by atoms with Crippen molar-refractivity contribution >= 4 is 5.97 Å². The van der Waals surface area contributed by atoms with Crippen LogP contribution < -0.4 is 0 Å². The van der Waals surface area contributed by atoms with Crippen molar-refractivity contribution in [1.29, 1.82) is 0 Å². The van der Waals surface area contributed by atoms with Gasteiger partial charge in [0.1, 0.15) is 6.04 Å². The fraction of sp³-hybridized carbons (Fsp3) is 0.909. The van der Waals surface area contributed by atoms with Crippen molar-refractivity contribution in [3.05, 3.63) is 0 Å². The lowest BCUT2D eigenvalue weighted by Gasteiger charge is -2.35. The first-order valence-electron chi connectivity index (χ1n) is 5.80. The predicted molar refractivity (Wildman–Crippen MR) is 55.5 cm³/mol. The van der Waals surface area contributed by atoms with E-state index in [0.717, 1.165) is 38.8 Å². The molecule has 0 spiro atoms. The van der Waals surface area contributed by atoms with E-state index in [1.165, 1.54) is 0 Å². The zero-order valence-electron chi connectivity index (χ0n) is 8.93. The third kappa shape index (κ3) is 2.49. The number of aliphatic hydroxyl groups excluding tert-OH is 1. The van der Waals surface area contributed by atoms with E-state index in [1.807, 2.05) is 0 Å². The number of hydrogen-bond donors (Lipinski definition) is 2. The van der Waals surface area contributed by atoms with Gasteiger partial charge in [0.25, 0.3) is 0 Å². The van der Waals surface area contributed by atoms with Crippen LogP contribution in [0.1, 0.15) is 25.7 Å². The van der Waals surface area contributed by atoms with Gasteiger partial charge in [-0.2, -0.15) is 0 Å². The van der Waals surface area contributed by atoms with Crippen molar-refractivity contribution in [3.8, 4) is 0 Å². The summed E-state index contributed by atoms with van der Waals surface area (Å²) >= 11 is 0. The molecule has 1 aliphatic carbocycles. The van der Waals surface area contributed by atoms with Crippen LogP contribution in [0.3, 0.4) is 0 Å². The Morgan fingerprint density at radius 2 is 2.13 bits per heavy atom. The summed E-state index contributed by atoms with van der Waals surface area (Å²) in [7, 11) is 0. The molecule has 2 N–H and O–H groups in total. The van der Waals surface area contributed by atoms with Crippen LogP contribution in [0.2, 0.25) is 0 Å². The van der Waals surface area contributed by atoms with Crippen molar-refractivity contribution in [1.82, 2.24) is 4.90 Å². The number of aliphatic hydroxyl groups is 1. The second-order valence-corrected chi connectivity index (χ2v) is 4.81. The van der Waals surface area contributed by atoms with Gasteiger partial charge in [-0.3, -0.25) is 9.69 Å². The molecule has 1 saturated heterocycles. The van der Waals surface area contributed by atoms with Gasteiger partial charge in [0.15, 0.2) is 0 Å². The van der Waals surface area contributed by atoms with Gasteiger partial charge < -0.3 is 10.2 Å². The molecule has 2 rings (SSSR count). The minimum absolute atomic E-state index is 0.188. The van der Waals surface area contributed by atoms with Gasteiger partial charge in [-0.1, -0.05) is 0 Å². The number of aliphatic carboxylic acids is 1. The molecule has 0 aromatic rings. The molecule has 4 heteroatoms. The number of rotatable bonds is 4. The minimum Gasteiger partial charge on any atom is -0.480 e. The molecule has 2 aliphatic rings. The van der Waals surface area contributed by atoms with E-state index in [-0.39, 0.29) is 18.6 Å². The largest absolute Gasteiger partial charge is 0.480 e. The third-order valence-corrected chi connectivity index (χ3v) is 3.52. The van der Waals surface area contributed by atoms with Gasteiger partial charge in [0, 0.05) is 13.2 Å². The molecule has 1 saturated carbocycles. The number of carboxylic acids is 1. The van der Waals surface area contributed by atoms with Crippen molar-refractivity contribution in [2.75, 3.05) is 19.7 Å². The van der Waals surface area contributed by atoms with Gasteiger partial charge in [-0.25, -0.2) is 0 Å². The Balaban J connectivity index is 1.97. The van der Waals surface area contributed by atoms with Gasteiger partial charge >= 0.3 is 5.97 Å². The highest BCUT2D eigenvalue weighted by Crippen LogP contribution is 2.36. The molecular formula is C11H19NO3. The summed E-state index contributed by atoms with van der Waals surface area (Å²) in [5, 5.41) is 18.3. The highest BCUT2D eigenvalue weighted by molar-refractivity contribution is 5.74. The summed E-state index contributed by atoms with van der Waals surface area (Å²) in [6, 6.07) is -0.292. The Morgan fingerprint density at radius 3 is 2.67 bits per heavy atom. The summed E-state index contributed by atoms with van der Waals surface area (Å²) in [5.41, 5.74) is 0. The highest BCUT2D eigenvalue weighted by atomic mass is 16.4. The maximum absolute atomic E-state index is 11.2. The Labute approximate surface area is 89.9 Å². The molecule has 2 unspecified atom stereocenters. The molecule has 1 heterocycles. The fourth-order valence-electron chi connectivity index (χ4n) is 2.57. The molecule has 0 radical (unpaired) electrons. The predicted octanol–water partition coefficient (Wildman–Crippen LogP) is 0.554. The summed E-state index contributed by atoms with van der Waals surface area (Å²) in [5.74, 6) is -0.0459. The molecule has 2 fully saturated rings. The van der Waals surface area contributed by atoms with E-state index < -0.39 is 5.97 Å². The van der Waals surface area contributed by atoms with Crippen LogP contribution in [0.5, 0.6) is 0 Å². The number of carboxylic acid groups (broad SMARTS) is 1. The first-order valence-corrected chi connectivity index (χ1v) is 5.80. The molecule has 2 atom stereocenters. The van der Waals surface area contributed by atoms with E-state index in [9.17, 15) is 9.90 Å². The molecule has 0 aromatic carbocycles. The van der Waals surface area contributed by atoms with Crippen molar-refractivity contribution in [3.63, 3.8) is 0 Å². The smallest absolute Gasteiger partial charge is 0.321 e. The van der Waals surface area contributed by atoms with Gasteiger partial charge in [-0.05, 0) is 44.1 Å². The minimum atomic E-state index is -0.684. The molecular weight excluding hydrogens is 194 g/mol. The van der Waals surface area contributed by atoms with E-state index in [4.69, 9.17) is 5.11 Å². The molecule has 0 bridgehead atoms. The maximum atomic E-state index is 11.2. The van der Waals surface area contributed by atoms with E-state index in [2.05, 4.69) is 4.90 Å². The molecule has 1 aliphatic heterocycles. The average molecular weight is 213 g/mol. The van der Waals surface area contributed by atoms with Gasteiger partial charge in [-0.15, -0.1) is 0 Å². The van der Waals surface area contributed by atoms with Crippen LogP contribution in [-0.2, 0) is 4.79 Å².